The Morgan fingerprint density at radius 2 is 2.00 bits per heavy atom. The van der Waals surface area contributed by atoms with Gasteiger partial charge < -0.3 is 5.32 Å². The topological polar surface area (TPSA) is 79.4 Å². The van der Waals surface area contributed by atoms with E-state index in [2.05, 4.69) is 20.4 Å². The molecule has 0 atom stereocenters. The zero-order valence-electron chi connectivity index (χ0n) is 11.1. The van der Waals surface area contributed by atoms with E-state index in [9.17, 15) is 0 Å². The molecule has 0 radical (unpaired) electrons. The average molecular weight is 276 g/mol. The van der Waals surface area contributed by atoms with Crippen LogP contribution < -0.4 is 5.32 Å². The van der Waals surface area contributed by atoms with Crippen molar-refractivity contribution >= 4 is 5.82 Å². The third-order valence-corrected chi connectivity index (χ3v) is 2.96. The average Bonchev–Trinajstić information content (AvgIpc) is 3.08. The summed E-state index contributed by atoms with van der Waals surface area (Å²) in [5.41, 5.74) is 2.48. The molecule has 3 aromatic rings. The Labute approximate surface area is 121 Å². The van der Waals surface area contributed by atoms with Gasteiger partial charge in [0.15, 0.2) is 0 Å². The number of aromatic nitrogens is 4. The summed E-state index contributed by atoms with van der Waals surface area (Å²) in [6.45, 7) is 0.638. The standard InChI is InChI=1S/C15H12N6/c16-8-13-2-1-3-15(20-13)18-9-12-4-6-14(7-5-12)21-11-17-10-19-21/h1-7,10-11H,9H2,(H,18,20). The van der Waals surface area contributed by atoms with Crippen LogP contribution in [0.2, 0.25) is 0 Å². The maximum absolute atomic E-state index is 8.81. The van der Waals surface area contributed by atoms with E-state index in [0.29, 0.717) is 18.1 Å². The highest BCUT2D eigenvalue weighted by Crippen LogP contribution is 2.10. The maximum Gasteiger partial charge on any atom is 0.142 e. The molecule has 2 heterocycles. The largest absolute Gasteiger partial charge is 0.366 e. The Balaban J connectivity index is 1.67. The summed E-state index contributed by atoms with van der Waals surface area (Å²) in [5.74, 6) is 0.689. The zero-order valence-corrected chi connectivity index (χ0v) is 11.1. The first-order valence-corrected chi connectivity index (χ1v) is 6.40. The van der Waals surface area contributed by atoms with Crippen molar-refractivity contribution in [2.75, 3.05) is 5.32 Å². The minimum Gasteiger partial charge on any atom is -0.366 e. The summed E-state index contributed by atoms with van der Waals surface area (Å²) in [6, 6.07) is 15.3. The molecule has 0 bridgehead atoms. The molecule has 1 aromatic carbocycles. The van der Waals surface area contributed by atoms with Gasteiger partial charge in [-0.3, -0.25) is 0 Å². The van der Waals surface area contributed by atoms with Crippen molar-refractivity contribution in [1.82, 2.24) is 19.7 Å². The second-order valence-corrected chi connectivity index (χ2v) is 4.38. The van der Waals surface area contributed by atoms with Crippen molar-refractivity contribution in [3.8, 4) is 11.8 Å². The molecule has 0 aliphatic rings. The third kappa shape index (κ3) is 3.04. The first-order valence-electron chi connectivity index (χ1n) is 6.40. The lowest BCUT2D eigenvalue weighted by atomic mass is 10.2. The van der Waals surface area contributed by atoms with Crippen molar-refractivity contribution in [2.24, 2.45) is 0 Å². The van der Waals surface area contributed by atoms with Gasteiger partial charge in [-0.05, 0) is 29.8 Å². The van der Waals surface area contributed by atoms with Crippen LogP contribution in [0.1, 0.15) is 11.3 Å². The molecule has 0 unspecified atom stereocenters. The first-order chi connectivity index (χ1) is 10.3. The summed E-state index contributed by atoms with van der Waals surface area (Å²) >= 11 is 0. The summed E-state index contributed by atoms with van der Waals surface area (Å²) in [7, 11) is 0. The van der Waals surface area contributed by atoms with Gasteiger partial charge in [0.25, 0.3) is 0 Å². The fraction of sp³-hybridized carbons (Fsp3) is 0.0667. The molecule has 6 nitrogen and oxygen atoms in total. The number of hydrogen-bond donors (Lipinski definition) is 1. The predicted octanol–water partition coefficient (Wildman–Crippen LogP) is 2.15. The van der Waals surface area contributed by atoms with Gasteiger partial charge >= 0.3 is 0 Å². The third-order valence-electron chi connectivity index (χ3n) is 2.96. The van der Waals surface area contributed by atoms with Crippen LogP contribution in [-0.2, 0) is 6.54 Å². The minimum absolute atomic E-state index is 0.404. The molecule has 1 N–H and O–H groups in total. The quantitative estimate of drug-likeness (QED) is 0.789. The molecule has 102 valence electrons. The van der Waals surface area contributed by atoms with E-state index in [1.165, 1.54) is 6.33 Å². The van der Waals surface area contributed by atoms with Crippen LogP contribution in [0, 0.1) is 11.3 Å². The lowest BCUT2D eigenvalue weighted by Crippen LogP contribution is -2.02. The monoisotopic (exact) mass is 276 g/mol. The molecule has 0 saturated heterocycles. The van der Waals surface area contributed by atoms with Gasteiger partial charge in [-0.2, -0.15) is 10.4 Å². The van der Waals surface area contributed by atoms with Gasteiger partial charge in [0, 0.05) is 6.54 Å². The Bertz CT molecular complexity index is 756. The summed E-state index contributed by atoms with van der Waals surface area (Å²) in [5, 5.41) is 16.1. The van der Waals surface area contributed by atoms with Crippen LogP contribution >= 0.6 is 0 Å². The van der Waals surface area contributed by atoms with Crippen molar-refractivity contribution in [2.45, 2.75) is 6.54 Å². The van der Waals surface area contributed by atoms with E-state index in [-0.39, 0.29) is 0 Å². The minimum atomic E-state index is 0.404. The van der Waals surface area contributed by atoms with Gasteiger partial charge in [0.2, 0.25) is 0 Å². The van der Waals surface area contributed by atoms with Gasteiger partial charge in [-0.25, -0.2) is 14.6 Å². The lowest BCUT2D eigenvalue weighted by molar-refractivity contribution is 0.877. The smallest absolute Gasteiger partial charge is 0.142 e. The lowest BCUT2D eigenvalue weighted by Gasteiger charge is -2.07. The Kier molecular flexibility index (Phi) is 3.56. The Morgan fingerprint density at radius 1 is 1.14 bits per heavy atom. The molecule has 6 heteroatoms. The highest BCUT2D eigenvalue weighted by Gasteiger charge is 1.99. The molecule has 0 amide bonds. The van der Waals surface area contributed by atoms with Crippen LogP contribution in [-0.4, -0.2) is 19.7 Å². The number of anilines is 1. The highest BCUT2D eigenvalue weighted by molar-refractivity contribution is 5.40. The SMILES string of the molecule is N#Cc1cccc(NCc2ccc(-n3cncn3)cc2)n1. The van der Waals surface area contributed by atoms with Crippen molar-refractivity contribution in [3.05, 3.63) is 66.4 Å². The van der Waals surface area contributed by atoms with Crippen molar-refractivity contribution < 1.29 is 0 Å². The van der Waals surface area contributed by atoms with Gasteiger partial charge in [-0.1, -0.05) is 18.2 Å². The molecular formula is C15H12N6. The molecular weight excluding hydrogens is 264 g/mol. The second kappa shape index (κ2) is 5.84. The van der Waals surface area contributed by atoms with Crippen LogP contribution in [0.15, 0.2) is 55.1 Å². The van der Waals surface area contributed by atoms with E-state index in [1.54, 1.807) is 17.1 Å². The normalized spacial score (nSPS) is 10.0. The van der Waals surface area contributed by atoms with Crippen LogP contribution in [0.5, 0.6) is 0 Å². The molecule has 0 spiro atoms. The number of rotatable bonds is 4. The van der Waals surface area contributed by atoms with Crippen LogP contribution in [0.25, 0.3) is 5.69 Å². The molecule has 21 heavy (non-hydrogen) atoms. The Hall–Kier alpha value is -3.20. The molecule has 0 aliphatic heterocycles. The fourth-order valence-corrected chi connectivity index (χ4v) is 1.90. The van der Waals surface area contributed by atoms with Gasteiger partial charge in [0.05, 0.1) is 5.69 Å². The number of benzene rings is 1. The summed E-state index contributed by atoms with van der Waals surface area (Å²) < 4.78 is 1.70. The van der Waals surface area contributed by atoms with E-state index < -0.39 is 0 Å². The van der Waals surface area contributed by atoms with Crippen LogP contribution in [0.3, 0.4) is 0 Å². The summed E-state index contributed by atoms with van der Waals surface area (Å²) in [6.07, 6.45) is 3.16. The second-order valence-electron chi connectivity index (χ2n) is 4.38. The number of nitrogens with zero attached hydrogens (tertiary/aromatic N) is 5. The molecule has 2 aromatic heterocycles. The van der Waals surface area contributed by atoms with E-state index in [1.807, 2.05) is 42.5 Å². The summed E-state index contributed by atoms with van der Waals surface area (Å²) in [4.78, 5) is 8.09. The van der Waals surface area contributed by atoms with E-state index in [4.69, 9.17) is 5.26 Å². The number of pyridine rings is 1. The zero-order chi connectivity index (χ0) is 14.5. The predicted molar refractivity (Wildman–Crippen MR) is 77.6 cm³/mol. The van der Waals surface area contributed by atoms with Crippen molar-refractivity contribution in [3.63, 3.8) is 0 Å². The van der Waals surface area contributed by atoms with E-state index in [0.717, 1.165) is 11.3 Å². The maximum atomic E-state index is 8.81. The Morgan fingerprint density at radius 3 is 2.71 bits per heavy atom. The number of nitrogens with one attached hydrogen (secondary N) is 1. The van der Waals surface area contributed by atoms with Gasteiger partial charge in [0.1, 0.15) is 30.2 Å². The fourth-order valence-electron chi connectivity index (χ4n) is 1.90. The van der Waals surface area contributed by atoms with Gasteiger partial charge in [-0.15, -0.1) is 0 Å². The van der Waals surface area contributed by atoms with Crippen LogP contribution in [0.4, 0.5) is 5.82 Å². The number of hydrogen-bond acceptors (Lipinski definition) is 5. The molecule has 0 aliphatic carbocycles. The van der Waals surface area contributed by atoms with E-state index >= 15 is 0 Å². The van der Waals surface area contributed by atoms with Crippen molar-refractivity contribution in [1.29, 1.82) is 5.26 Å². The number of nitriles is 1. The molecule has 0 fully saturated rings. The highest BCUT2D eigenvalue weighted by atomic mass is 15.3. The molecule has 0 saturated carbocycles. The first kappa shape index (κ1) is 12.8. The molecule has 3 rings (SSSR count).